The number of allylic oxidation sites excluding steroid dienone is 1. The molecule has 6 heteroatoms. The number of benzene rings is 2. The van der Waals surface area contributed by atoms with Crippen molar-refractivity contribution in [1.29, 1.82) is 0 Å². The molecule has 0 spiro atoms. The van der Waals surface area contributed by atoms with Crippen molar-refractivity contribution in [2.24, 2.45) is 0 Å². The van der Waals surface area contributed by atoms with Gasteiger partial charge in [0.15, 0.2) is 0 Å². The van der Waals surface area contributed by atoms with E-state index in [0.717, 1.165) is 28.3 Å². The third kappa shape index (κ3) is 2.71. The molecule has 0 radical (unpaired) electrons. The maximum absolute atomic E-state index is 5.58. The molecule has 6 nitrogen and oxygen atoms in total. The fourth-order valence-corrected chi connectivity index (χ4v) is 3.00. The first-order valence-corrected chi connectivity index (χ1v) is 7.96. The van der Waals surface area contributed by atoms with Gasteiger partial charge in [-0.3, -0.25) is 0 Å². The summed E-state index contributed by atoms with van der Waals surface area (Å²) in [5, 5.41) is 7.71. The Balaban J connectivity index is 1.84. The van der Waals surface area contributed by atoms with Crippen LogP contribution in [0.5, 0.6) is 11.5 Å². The fourth-order valence-electron chi connectivity index (χ4n) is 3.00. The van der Waals surface area contributed by atoms with E-state index >= 15 is 0 Å². The van der Waals surface area contributed by atoms with Crippen LogP contribution in [-0.4, -0.2) is 29.0 Å². The van der Waals surface area contributed by atoms with Crippen molar-refractivity contribution in [2.75, 3.05) is 19.5 Å². The van der Waals surface area contributed by atoms with Crippen molar-refractivity contribution >= 4 is 11.6 Å². The first kappa shape index (κ1) is 15.3. The number of nitrogens with zero attached hydrogens (tertiary/aromatic N) is 3. The molecular weight excluding hydrogens is 316 g/mol. The third-order valence-corrected chi connectivity index (χ3v) is 4.25. The average molecular weight is 334 g/mol. The van der Waals surface area contributed by atoms with Gasteiger partial charge in [0.05, 0.1) is 14.2 Å². The maximum Gasteiger partial charge on any atom is 0.226 e. The Bertz CT molecular complexity index is 918. The van der Waals surface area contributed by atoms with Gasteiger partial charge in [0.25, 0.3) is 0 Å². The van der Waals surface area contributed by atoms with E-state index in [1.807, 2.05) is 41.1 Å². The molecule has 0 amide bonds. The molecule has 1 unspecified atom stereocenters. The van der Waals surface area contributed by atoms with Crippen molar-refractivity contribution in [1.82, 2.24) is 14.8 Å². The Morgan fingerprint density at radius 2 is 1.88 bits per heavy atom. The second kappa shape index (κ2) is 6.32. The van der Waals surface area contributed by atoms with Gasteiger partial charge in [-0.15, -0.1) is 0 Å². The maximum atomic E-state index is 5.58. The Morgan fingerprint density at radius 1 is 1.04 bits per heavy atom. The molecule has 1 N–H and O–H groups in total. The highest BCUT2D eigenvalue weighted by molar-refractivity contribution is 5.77. The molecule has 1 atom stereocenters. The number of hydrogen-bond acceptors (Lipinski definition) is 5. The van der Waals surface area contributed by atoms with E-state index in [-0.39, 0.29) is 6.04 Å². The van der Waals surface area contributed by atoms with E-state index in [1.165, 1.54) is 0 Å². The molecule has 0 saturated heterocycles. The molecule has 1 aromatic heterocycles. The molecule has 25 heavy (non-hydrogen) atoms. The summed E-state index contributed by atoms with van der Waals surface area (Å²) >= 11 is 0. The lowest BCUT2D eigenvalue weighted by Gasteiger charge is -2.25. The summed E-state index contributed by atoms with van der Waals surface area (Å²) in [5.41, 5.74) is 3.07. The predicted octanol–water partition coefficient (Wildman–Crippen LogP) is 3.35. The number of rotatable bonds is 4. The van der Waals surface area contributed by atoms with E-state index in [9.17, 15) is 0 Å². The molecule has 0 bridgehead atoms. The van der Waals surface area contributed by atoms with Crippen molar-refractivity contribution in [2.45, 2.75) is 6.04 Å². The monoisotopic (exact) mass is 334 g/mol. The molecule has 0 aliphatic carbocycles. The quantitative estimate of drug-likeness (QED) is 0.793. The van der Waals surface area contributed by atoms with Crippen LogP contribution in [0.25, 0.3) is 5.70 Å². The van der Waals surface area contributed by atoms with E-state index in [0.29, 0.717) is 5.95 Å². The van der Waals surface area contributed by atoms with Gasteiger partial charge < -0.3 is 14.8 Å². The normalized spacial score (nSPS) is 15.8. The van der Waals surface area contributed by atoms with Crippen LogP contribution in [0.4, 0.5) is 5.95 Å². The van der Waals surface area contributed by atoms with Gasteiger partial charge in [-0.1, -0.05) is 30.3 Å². The molecule has 0 saturated carbocycles. The minimum absolute atomic E-state index is 0.130. The van der Waals surface area contributed by atoms with Gasteiger partial charge >= 0.3 is 0 Å². The minimum Gasteiger partial charge on any atom is -0.497 e. The van der Waals surface area contributed by atoms with Crippen molar-refractivity contribution in [3.8, 4) is 11.5 Å². The van der Waals surface area contributed by atoms with Gasteiger partial charge in [-0.25, -0.2) is 4.68 Å². The smallest absolute Gasteiger partial charge is 0.226 e. The lowest BCUT2D eigenvalue weighted by Crippen LogP contribution is -2.20. The molecule has 1 aliphatic rings. The summed E-state index contributed by atoms with van der Waals surface area (Å²) in [6.07, 6.45) is 3.68. The first-order valence-electron chi connectivity index (χ1n) is 7.96. The van der Waals surface area contributed by atoms with Crippen molar-refractivity contribution < 1.29 is 9.47 Å². The molecule has 4 rings (SSSR count). The lowest BCUT2D eigenvalue weighted by molar-refractivity contribution is 0.387. The number of aromatic nitrogens is 3. The second-order valence-electron chi connectivity index (χ2n) is 5.65. The standard InChI is InChI=1S/C19H18N4O2/c1-24-14-8-9-15(18(10-14)25-2)17-11-16(13-6-4-3-5-7-13)22-19-20-12-21-23(17)19/h3-12,17H,1-2H3,(H,20,21,22). The average Bonchev–Trinajstić information content (AvgIpc) is 3.16. The Morgan fingerprint density at radius 3 is 2.64 bits per heavy atom. The van der Waals surface area contributed by atoms with Gasteiger partial charge in [-0.2, -0.15) is 10.1 Å². The highest BCUT2D eigenvalue weighted by Gasteiger charge is 2.25. The lowest BCUT2D eigenvalue weighted by atomic mass is 10.0. The van der Waals surface area contributed by atoms with Gasteiger partial charge in [0.2, 0.25) is 5.95 Å². The molecule has 3 aromatic rings. The van der Waals surface area contributed by atoms with Crippen LogP contribution in [0.2, 0.25) is 0 Å². The number of anilines is 1. The van der Waals surface area contributed by atoms with Crippen molar-refractivity contribution in [3.05, 3.63) is 72.1 Å². The third-order valence-electron chi connectivity index (χ3n) is 4.25. The Hall–Kier alpha value is -3.28. The fraction of sp³-hybridized carbons (Fsp3) is 0.158. The Labute approximate surface area is 145 Å². The predicted molar refractivity (Wildman–Crippen MR) is 95.7 cm³/mol. The van der Waals surface area contributed by atoms with E-state index < -0.39 is 0 Å². The van der Waals surface area contributed by atoms with E-state index in [2.05, 4.69) is 33.6 Å². The van der Waals surface area contributed by atoms with Crippen LogP contribution in [0.1, 0.15) is 17.2 Å². The second-order valence-corrected chi connectivity index (χ2v) is 5.65. The molecule has 2 heterocycles. The first-order chi connectivity index (χ1) is 12.3. The van der Waals surface area contributed by atoms with Crippen molar-refractivity contribution in [3.63, 3.8) is 0 Å². The largest absolute Gasteiger partial charge is 0.497 e. The number of nitrogens with one attached hydrogen (secondary N) is 1. The van der Waals surface area contributed by atoms with E-state index in [1.54, 1.807) is 20.5 Å². The zero-order valence-electron chi connectivity index (χ0n) is 14.0. The molecule has 2 aromatic carbocycles. The summed E-state index contributed by atoms with van der Waals surface area (Å²) in [6.45, 7) is 0. The minimum atomic E-state index is -0.130. The number of hydrogen-bond donors (Lipinski definition) is 1. The topological polar surface area (TPSA) is 61.2 Å². The highest BCUT2D eigenvalue weighted by Crippen LogP contribution is 2.37. The van der Waals surface area contributed by atoms with Gasteiger partial charge in [0.1, 0.15) is 23.9 Å². The summed E-state index contributed by atoms with van der Waals surface area (Å²) in [7, 11) is 3.30. The summed E-state index contributed by atoms with van der Waals surface area (Å²) in [4.78, 5) is 4.33. The van der Waals surface area contributed by atoms with Crippen LogP contribution in [-0.2, 0) is 0 Å². The van der Waals surface area contributed by atoms with E-state index in [4.69, 9.17) is 9.47 Å². The Kier molecular flexibility index (Phi) is 3.85. The van der Waals surface area contributed by atoms with Gasteiger partial charge in [-0.05, 0) is 23.8 Å². The molecule has 126 valence electrons. The highest BCUT2D eigenvalue weighted by atomic mass is 16.5. The van der Waals surface area contributed by atoms with Crippen LogP contribution in [0.3, 0.4) is 0 Å². The van der Waals surface area contributed by atoms with Crippen LogP contribution < -0.4 is 14.8 Å². The van der Waals surface area contributed by atoms with Crippen LogP contribution in [0.15, 0.2) is 60.9 Å². The summed E-state index contributed by atoms with van der Waals surface area (Å²) in [6, 6.07) is 15.8. The molecule has 1 aliphatic heterocycles. The number of ether oxygens (including phenoxy) is 2. The summed E-state index contributed by atoms with van der Waals surface area (Å²) in [5.74, 6) is 2.20. The molecular formula is C19H18N4O2. The summed E-state index contributed by atoms with van der Waals surface area (Å²) < 4.78 is 12.7. The molecule has 0 fully saturated rings. The zero-order chi connectivity index (χ0) is 17.2. The van der Waals surface area contributed by atoms with Crippen LogP contribution >= 0.6 is 0 Å². The van der Waals surface area contributed by atoms with Gasteiger partial charge in [0, 0.05) is 17.3 Å². The SMILES string of the molecule is COc1ccc(C2C=C(c3ccccc3)Nc3ncnn32)c(OC)c1. The van der Waals surface area contributed by atoms with Crippen LogP contribution in [0, 0.1) is 0 Å². The number of fused-ring (bicyclic) bond motifs is 1. The number of methoxy groups -OCH3 is 2. The zero-order valence-corrected chi connectivity index (χ0v) is 14.0.